The van der Waals surface area contributed by atoms with Crippen LogP contribution < -0.4 is 24.8 Å². The Labute approximate surface area is 179 Å². The molecule has 0 saturated carbocycles. The molecule has 0 spiro atoms. The first-order chi connectivity index (χ1) is 11.0. The van der Waals surface area contributed by atoms with Crippen molar-refractivity contribution in [3.8, 4) is 0 Å². The van der Waals surface area contributed by atoms with E-state index in [0.717, 1.165) is 0 Å². The van der Waals surface area contributed by atoms with Gasteiger partial charge in [-0.15, -0.1) is 0 Å². The number of hydrogen-bond donors (Lipinski definition) is 0. The van der Waals surface area contributed by atoms with Crippen LogP contribution in [0.3, 0.4) is 0 Å². The van der Waals surface area contributed by atoms with Crippen molar-refractivity contribution in [3.63, 3.8) is 0 Å². The molecule has 0 N–H and O–H groups in total. The van der Waals surface area contributed by atoms with Gasteiger partial charge in [0.15, 0.2) is 0 Å². The molecule has 2 aliphatic carbocycles. The first-order valence-corrected chi connectivity index (χ1v) is 13.1. The minimum absolute atomic E-state index is 0. The third-order valence-electron chi connectivity index (χ3n) is 5.61. The summed E-state index contributed by atoms with van der Waals surface area (Å²) in [5.74, 6) is 0. The van der Waals surface area contributed by atoms with Gasteiger partial charge in [-0.05, 0) is 0 Å². The summed E-state index contributed by atoms with van der Waals surface area (Å²) >= 11 is -0.902. The zero-order valence-corrected chi connectivity index (χ0v) is 22.0. The number of unbranched alkanes of at least 4 members (excludes halogenated alkanes) is 2. The van der Waals surface area contributed by atoms with E-state index in [4.69, 9.17) is 0 Å². The fraction of sp³-hybridized carbons (Fsp3) is 0.636. The zero-order chi connectivity index (χ0) is 17.0. The molecule has 140 valence electrons. The first-order valence-electron chi connectivity index (χ1n) is 9.54. The maximum Gasteiger partial charge on any atom is -1.00 e. The fourth-order valence-electron chi connectivity index (χ4n) is 3.74. The van der Waals surface area contributed by atoms with Crippen LogP contribution in [-0.2, 0) is 22.9 Å². The molecule has 0 bridgehead atoms. The summed E-state index contributed by atoms with van der Waals surface area (Å²) in [7, 11) is 0. The van der Waals surface area contributed by atoms with Crippen molar-refractivity contribution in [2.75, 3.05) is 0 Å². The molecule has 2 rings (SSSR count). The summed E-state index contributed by atoms with van der Waals surface area (Å²) in [6, 6.07) is 0. The van der Waals surface area contributed by atoms with Gasteiger partial charge in [0, 0.05) is 0 Å². The number of rotatable bonds is 8. The van der Waals surface area contributed by atoms with Crippen LogP contribution in [-0.4, -0.2) is 0 Å². The molecule has 2 aliphatic rings. The molecule has 0 radical (unpaired) electrons. The van der Waals surface area contributed by atoms with Gasteiger partial charge in [0.1, 0.15) is 0 Å². The van der Waals surface area contributed by atoms with E-state index >= 15 is 0 Å². The minimum atomic E-state index is -0.902. The van der Waals surface area contributed by atoms with Crippen LogP contribution in [0.25, 0.3) is 0 Å². The molecule has 0 heterocycles. The second kappa shape index (κ2) is 12.0. The number of halogens is 2. The average Bonchev–Trinajstić information content (AvgIpc) is 2.95. The van der Waals surface area contributed by atoms with Crippen molar-refractivity contribution >= 4 is 0 Å². The zero-order valence-electron chi connectivity index (χ0n) is 16.9. The minimum Gasteiger partial charge on any atom is -1.00 e. The summed E-state index contributed by atoms with van der Waals surface area (Å²) in [5.41, 5.74) is 10.3. The summed E-state index contributed by atoms with van der Waals surface area (Å²) in [6.45, 7) is 14.2. The molecule has 0 aromatic heterocycles. The van der Waals surface area contributed by atoms with Crippen molar-refractivity contribution in [2.24, 2.45) is 0 Å². The molecule has 0 fully saturated rings. The molecule has 0 aliphatic heterocycles. The predicted molar refractivity (Wildman–Crippen MR) is 99.1 cm³/mol. The van der Waals surface area contributed by atoms with E-state index < -0.39 is 22.9 Å². The fourth-order valence-corrected chi connectivity index (χ4v) is 10.3. The van der Waals surface area contributed by atoms with Crippen molar-refractivity contribution in [1.82, 2.24) is 0 Å². The van der Waals surface area contributed by atoms with Gasteiger partial charge in [-0.25, -0.2) is 0 Å². The van der Waals surface area contributed by atoms with Crippen LogP contribution in [0, 0.1) is 0 Å². The standard InChI is InChI=1S/2C11H17.2ClH.Hf/c2*1-4-5-6-11-7-9(2)10(3)8-11;;;/h2*4-7H2,1-3H3;2*1H;/q;;;;+2/p-2. The van der Waals surface area contributed by atoms with Crippen LogP contribution in [0.1, 0.15) is 92.9 Å². The van der Waals surface area contributed by atoms with Crippen molar-refractivity contribution in [1.29, 1.82) is 0 Å². The number of hydrogen-bond acceptors (Lipinski definition) is 0. The van der Waals surface area contributed by atoms with E-state index in [0.29, 0.717) is 0 Å². The maximum atomic E-state index is 2.41. The van der Waals surface area contributed by atoms with Crippen LogP contribution in [0.15, 0.2) is 40.1 Å². The van der Waals surface area contributed by atoms with Gasteiger partial charge in [-0.1, -0.05) is 0 Å². The van der Waals surface area contributed by atoms with E-state index in [2.05, 4.69) is 41.5 Å². The second-order valence-corrected chi connectivity index (χ2v) is 11.9. The molecule has 0 unspecified atom stereocenters. The summed E-state index contributed by atoms with van der Waals surface area (Å²) < 4.78 is 3.77. The van der Waals surface area contributed by atoms with E-state index in [-0.39, 0.29) is 24.8 Å². The molecule has 0 atom stereocenters. The Morgan fingerprint density at radius 3 is 1.36 bits per heavy atom. The summed E-state index contributed by atoms with van der Waals surface area (Å²) in [5, 5.41) is 0. The van der Waals surface area contributed by atoms with Gasteiger partial charge in [0.05, 0.1) is 0 Å². The van der Waals surface area contributed by atoms with Crippen molar-refractivity contribution in [2.45, 2.75) is 92.9 Å². The maximum absolute atomic E-state index is 2.41. The average molecular weight is 548 g/mol. The van der Waals surface area contributed by atoms with Crippen molar-refractivity contribution < 1.29 is 47.7 Å². The first kappa shape index (κ1) is 25.4. The Hall–Kier alpha value is 0.410. The number of allylic oxidation sites excluding steroid dienone is 8. The van der Waals surface area contributed by atoms with Gasteiger partial charge in [-0.3, -0.25) is 0 Å². The van der Waals surface area contributed by atoms with Crippen LogP contribution >= 0.6 is 0 Å². The molecule has 0 aromatic rings. The molecule has 0 amide bonds. The topological polar surface area (TPSA) is 0 Å². The normalized spacial score (nSPS) is 17.2. The van der Waals surface area contributed by atoms with E-state index in [1.807, 2.05) is 17.8 Å². The molecule has 3 heteroatoms. The smallest absolute Gasteiger partial charge is 1.00 e. The van der Waals surface area contributed by atoms with E-state index in [1.165, 1.54) is 51.4 Å². The largest absolute Gasteiger partial charge is 1.00 e. The third kappa shape index (κ3) is 6.22. The van der Waals surface area contributed by atoms with Gasteiger partial charge in [0.25, 0.3) is 0 Å². The Morgan fingerprint density at radius 2 is 1.04 bits per heavy atom. The van der Waals surface area contributed by atoms with Gasteiger partial charge < -0.3 is 24.8 Å². The van der Waals surface area contributed by atoms with E-state index in [1.54, 1.807) is 22.3 Å². The molecular weight excluding hydrogens is 514 g/mol. The van der Waals surface area contributed by atoms with Crippen LogP contribution in [0.5, 0.6) is 0 Å². The molecule has 0 nitrogen and oxygen atoms in total. The monoisotopic (exact) mass is 548 g/mol. The van der Waals surface area contributed by atoms with Crippen LogP contribution in [0.4, 0.5) is 0 Å². The molecule has 0 saturated heterocycles. The Bertz CT molecular complexity index is 539. The Balaban J connectivity index is 0.00000288. The predicted octanol–water partition coefficient (Wildman–Crippen LogP) is 1.45. The van der Waals surface area contributed by atoms with Gasteiger partial charge in [0.2, 0.25) is 0 Å². The van der Waals surface area contributed by atoms with Crippen LogP contribution in [0.2, 0.25) is 0 Å². The quantitative estimate of drug-likeness (QED) is 0.404. The van der Waals surface area contributed by atoms with Crippen molar-refractivity contribution in [3.05, 3.63) is 40.1 Å². The second-order valence-electron chi connectivity index (χ2n) is 7.45. The van der Waals surface area contributed by atoms with Gasteiger partial charge >= 0.3 is 156 Å². The summed E-state index contributed by atoms with van der Waals surface area (Å²) in [4.78, 5) is 0. The third-order valence-corrected chi connectivity index (χ3v) is 12.6. The van der Waals surface area contributed by atoms with E-state index in [9.17, 15) is 0 Å². The van der Waals surface area contributed by atoms with Gasteiger partial charge in [-0.2, -0.15) is 0 Å². The Kier molecular flexibility index (Phi) is 12.2. The molecule has 25 heavy (non-hydrogen) atoms. The SMILES string of the molecule is CCCCC1=[C]([Hf+2][C]2=C(CCCC)CC(C)=C2C)C(C)=C(C)C1.[Cl-].[Cl-]. The Morgan fingerprint density at radius 1 is 0.680 bits per heavy atom. The molecular formula is C22H34Cl2Hf. The summed E-state index contributed by atoms with van der Waals surface area (Å²) in [6.07, 6.45) is 10.7. The molecule has 0 aromatic carbocycles.